The first-order chi connectivity index (χ1) is 14.7. The average Bonchev–Trinajstić information content (AvgIpc) is 3.53. The number of hydrogen-bond acceptors (Lipinski definition) is 5. The fraction of sp³-hybridized carbons (Fsp3) is 0.391. The molecule has 2 aromatic heterocycles. The number of benzene rings is 1. The van der Waals surface area contributed by atoms with E-state index in [1.807, 2.05) is 25.4 Å². The summed E-state index contributed by atoms with van der Waals surface area (Å²) in [7, 11) is 1.27. The molecule has 158 valence electrons. The lowest BCUT2D eigenvalue weighted by atomic mass is 10.1. The third-order valence-electron chi connectivity index (χ3n) is 5.49. The third kappa shape index (κ3) is 5.15. The van der Waals surface area contributed by atoms with Gasteiger partial charge in [-0.2, -0.15) is 0 Å². The van der Waals surface area contributed by atoms with E-state index < -0.39 is 10.8 Å². The number of aldehydes is 1. The largest absolute Gasteiger partial charge is 0.372 e. The molecule has 6 nitrogen and oxygen atoms in total. The number of carbonyl (C=O) groups is 1. The van der Waals surface area contributed by atoms with Gasteiger partial charge in [0, 0.05) is 54.9 Å². The second-order valence-corrected chi connectivity index (χ2v) is 9.51. The molecule has 0 bridgehead atoms. The van der Waals surface area contributed by atoms with Crippen molar-refractivity contribution in [1.82, 2.24) is 14.3 Å². The minimum absolute atomic E-state index is 0.454. The molecule has 2 fully saturated rings. The van der Waals surface area contributed by atoms with Gasteiger partial charge in [-0.05, 0) is 36.1 Å². The summed E-state index contributed by atoms with van der Waals surface area (Å²) in [6.07, 6.45) is 5.33. The molecule has 0 atom stereocenters. The highest BCUT2D eigenvalue weighted by Gasteiger charge is 2.19. The Morgan fingerprint density at radius 1 is 1.13 bits per heavy atom. The van der Waals surface area contributed by atoms with E-state index in [1.54, 1.807) is 0 Å². The second-order valence-electron chi connectivity index (χ2n) is 7.81. The van der Waals surface area contributed by atoms with E-state index in [4.69, 9.17) is 0 Å². The molecule has 2 aliphatic rings. The maximum atomic E-state index is 11.5. The summed E-state index contributed by atoms with van der Waals surface area (Å²) in [6, 6.07) is 14.9. The van der Waals surface area contributed by atoms with Crippen LogP contribution in [-0.2, 0) is 22.1 Å². The van der Waals surface area contributed by atoms with Crippen LogP contribution < -0.4 is 5.32 Å². The predicted octanol–water partition coefficient (Wildman–Crippen LogP) is 3.20. The van der Waals surface area contributed by atoms with Gasteiger partial charge in [0.1, 0.15) is 17.8 Å². The van der Waals surface area contributed by atoms with Crippen LogP contribution >= 0.6 is 0 Å². The highest BCUT2D eigenvalue weighted by atomic mass is 32.2. The van der Waals surface area contributed by atoms with Crippen LogP contribution in [0, 0.1) is 5.92 Å². The molecule has 30 heavy (non-hydrogen) atoms. The molecule has 0 radical (unpaired) electrons. The van der Waals surface area contributed by atoms with E-state index in [1.165, 1.54) is 11.1 Å². The molecule has 1 aliphatic carbocycles. The fourth-order valence-corrected chi connectivity index (χ4v) is 4.60. The number of aromatic nitrogens is 2. The monoisotopic (exact) mass is 424 g/mol. The minimum Gasteiger partial charge on any atom is -0.372 e. The van der Waals surface area contributed by atoms with E-state index in [-0.39, 0.29) is 0 Å². The normalized spacial score (nSPS) is 17.4. The zero-order valence-electron chi connectivity index (χ0n) is 17.3. The van der Waals surface area contributed by atoms with Crippen molar-refractivity contribution in [3.63, 3.8) is 0 Å². The summed E-state index contributed by atoms with van der Waals surface area (Å²) in [4.78, 5) is 16.5. The number of rotatable bonds is 5. The number of pyridine rings is 1. The molecule has 3 aromatic rings. The number of anilines is 1. The van der Waals surface area contributed by atoms with Gasteiger partial charge in [0.15, 0.2) is 0 Å². The first kappa shape index (κ1) is 20.8. The summed E-state index contributed by atoms with van der Waals surface area (Å²) >= 11 is 0. The molecule has 0 amide bonds. The van der Waals surface area contributed by atoms with Crippen LogP contribution in [0.25, 0.3) is 16.9 Å². The van der Waals surface area contributed by atoms with Gasteiger partial charge >= 0.3 is 0 Å². The Kier molecular flexibility index (Phi) is 6.59. The molecule has 1 saturated heterocycles. The summed E-state index contributed by atoms with van der Waals surface area (Å²) in [6.45, 7) is 2.78. The van der Waals surface area contributed by atoms with Crippen LogP contribution in [0.5, 0.6) is 0 Å². The first-order valence-corrected chi connectivity index (χ1v) is 11.9. The van der Waals surface area contributed by atoms with Gasteiger partial charge in [-0.15, -0.1) is 0 Å². The van der Waals surface area contributed by atoms with Crippen molar-refractivity contribution in [2.45, 2.75) is 19.4 Å². The van der Waals surface area contributed by atoms with Gasteiger partial charge in [0.2, 0.25) is 0 Å². The van der Waals surface area contributed by atoms with Crippen LogP contribution in [0.2, 0.25) is 0 Å². The summed E-state index contributed by atoms with van der Waals surface area (Å²) in [5, 5.41) is 3.09. The van der Waals surface area contributed by atoms with Gasteiger partial charge < -0.3 is 10.1 Å². The molecule has 1 N–H and O–H groups in total. The topological polar surface area (TPSA) is 66.7 Å². The SMILES string of the molecule is CNc1cn2c(-c3ccc(CN4CCS(=O)CC4)cc3)cccc2n1.O=CC1CC1. The lowest BCUT2D eigenvalue weighted by molar-refractivity contribution is -0.108. The average molecular weight is 425 g/mol. The van der Waals surface area contributed by atoms with Crippen molar-refractivity contribution in [1.29, 1.82) is 0 Å². The summed E-state index contributed by atoms with van der Waals surface area (Å²) in [5.74, 6) is 2.92. The first-order valence-electron chi connectivity index (χ1n) is 10.4. The Bertz CT molecular complexity index is 1020. The highest BCUT2D eigenvalue weighted by Crippen LogP contribution is 2.25. The Morgan fingerprint density at radius 3 is 2.47 bits per heavy atom. The van der Waals surface area contributed by atoms with Crippen molar-refractivity contribution < 1.29 is 9.00 Å². The van der Waals surface area contributed by atoms with Crippen molar-refractivity contribution in [2.24, 2.45) is 5.92 Å². The Hall–Kier alpha value is -2.51. The number of hydrogen-bond donors (Lipinski definition) is 1. The van der Waals surface area contributed by atoms with E-state index >= 15 is 0 Å². The summed E-state index contributed by atoms with van der Waals surface area (Å²) in [5.41, 5.74) is 4.54. The van der Waals surface area contributed by atoms with Crippen molar-refractivity contribution in [2.75, 3.05) is 37.0 Å². The van der Waals surface area contributed by atoms with Crippen molar-refractivity contribution >= 4 is 28.6 Å². The molecular weight excluding hydrogens is 396 g/mol. The number of fused-ring (bicyclic) bond motifs is 1. The van der Waals surface area contributed by atoms with Gasteiger partial charge in [0.05, 0.1) is 11.9 Å². The lowest BCUT2D eigenvalue weighted by Crippen LogP contribution is -2.37. The van der Waals surface area contributed by atoms with E-state index in [0.29, 0.717) is 5.92 Å². The quantitative estimate of drug-likeness (QED) is 0.637. The smallest absolute Gasteiger partial charge is 0.145 e. The van der Waals surface area contributed by atoms with E-state index in [2.05, 4.69) is 49.9 Å². The standard InChI is InChI=1S/C19H22N4OS.C4H6O/c1-20-18-14-23-17(3-2-4-19(23)21-18)16-7-5-15(6-8-16)13-22-9-11-25(24)12-10-22;5-3-4-1-2-4/h2-8,14,20H,9-13H2,1H3;3-4H,1-2H2. The third-order valence-corrected chi connectivity index (χ3v) is 6.76. The van der Waals surface area contributed by atoms with E-state index in [0.717, 1.165) is 67.4 Å². The molecule has 3 heterocycles. The number of imidazole rings is 1. The number of nitrogens with one attached hydrogen (secondary N) is 1. The summed E-state index contributed by atoms with van der Waals surface area (Å²) < 4.78 is 13.6. The zero-order chi connectivity index (χ0) is 20.9. The molecule has 0 spiro atoms. The van der Waals surface area contributed by atoms with Crippen LogP contribution in [0.1, 0.15) is 18.4 Å². The molecule has 1 saturated carbocycles. The van der Waals surface area contributed by atoms with Crippen molar-refractivity contribution in [3.8, 4) is 11.3 Å². The van der Waals surface area contributed by atoms with E-state index in [9.17, 15) is 9.00 Å². The van der Waals surface area contributed by atoms with Gasteiger partial charge in [-0.25, -0.2) is 4.98 Å². The highest BCUT2D eigenvalue weighted by molar-refractivity contribution is 7.85. The Balaban J connectivity index is 0.000000383. The van der Waals surface area contributed by atoms with Crippen LogP contribution in [0.3, 0.4) is 0 Å². The van der Waals surface area contributed by atoms with Crippen LogP contribution in [0.15, 0.2) is 48.7 Å². The van der Waals surface area contributed by atoms with Gasteiger partial charge in [0.25, 0.3) is 0 Å². The predicted molar refractivity (Wildman–Crippen MR) is 122 cm³/mol. The maximum Gasteiger partial charge on any atom is 0.145 e. The molecule has 1 aromatic carbocycles. The number of nitrogens with zero attached hydrogens (tertiary/aromatic N) is 3. The van der Waals surface area contributed by atoms with Crippen LogP contribution in [-0.4, -0.2) is 56.4 Å². The maximum absolute atomic E-state index is 11.5. The zero-order valence-corrected chi connectivity index (χ0v) is 18.1. The molecule has 7 heteroatoms. The lowest BCUT2D eigenvalue weighted by Gasteiger charge is -2.26. The molecular formula is C23H28N4O2S. The minimum atomic E-state index is -0.615. The number of carbonyl (C=O) groups excluding carboxylic acids is 1. The Labute approximate surface area is 179 Å². The molecule has 1 aliphatic heterocycles. The van der Waals surface area contributed by atoms with Crippen LogP contribution in [0.4, 0.5) is 5.82 Å². The molecule has 5 rings (SSSR count). The fourth-order valence-electron chi connectivity index (χ4n) is 3.47. The molecule has 0 unspecified atom stereocenters. The van der Waals surface area contributed by atoms with Crippen molar-refractivity contribution in [3.05, 3.63) is 54.2 Å². The Morgan fingerprint density at radius 2 is 1.87 bits per heavy atom. The second kappa shape index (κ2) is 9.53. The van der Waals surface area contributed by atoms with Gasteiger partial charge in [-0.1, -0.05) is 30.3 Å². The van der Waals surface area contributed by atoms with Gasteiger partial charge in [-0.3, -0.25) is 13.5 Å².